The molecule has 0 fully saturated rings. The third-order valence-electron chi connectivity index (χ3n) is 1.11. The van der Waals surface area contributed by atoms with Gasteiger partial charge >= 0.3 is 0 Å². The lowest BCUT2D eigenvalue weighted by Crippen LogP contribution is -2.10. The Morgan fingerprint density at radius 3 is 2.67 bits per heavy atom. The van der Waals surface area contributed by atoms with E-state index in [-0.39, 0.29) is 5.91 Å². The number of carbonyl (C=O) groups is 1. The molecular weight excluding hydrogens is 229 g/mol. The fourth-order valence-corrected chi connectivity index (χ4v) is 0.852. The lowest BCUT2D eigenvalue weighted by atomic mass is 10.2. The van der Waals surface area contributed by atoms with Gasteiger partial charge in [-0.15, -0.1) is 0 Å². The number of rotatable bonds is 4. The van der Waals surface area contributed by atoms with Gasteiger partial charge in [0.05, 0.1) is 22.9 Å². The Labute approximate surface area is 69.9 Å². The predicted octanol–water partition coefficient (Wildman–Crippen LogP) is 2.03. The minimum Gasteiger partial charge on any atom is -0.299 e. The third kappa shape index (κ3) is 6.08. The van der Waals surface area contributed by atoms with Gasteiger partial charge in [-0.1, -0.05) is 19.8 Å². The minimum atomic E-state index is 0.143. The van der Waals surface area contributed by atoms with Crippen molar-refractivity contribution in [3.05, 3.63) is 0 Å². The molecule has 0 aliphatic rings. The summed E-state index contributed by atoms with van der Waals surface area (Å²) in [6, 6.07) is 0. The van der Waals surface area contributed by atoms with Gasteiger partial charge in [-0.25, -0.2) is 0 Å². The van der Waals surface area contributed by atoms with Crippen molar-refractivity contribution in [2.75, 3.05) is 0 Å². The van der Waals surface area contributed by atoms with Crippen molar-refractivity contribution in [3.63, 3.8) is 0 Å². The van der Waals surface area contributed by atoms with Gasteiger partial charge in [-0.2, -0.15) is 0 Å². The molecule has 0 rings (SSSR count). The van der Waals surface area contributed by atoms with Crippen molar-refractivity contribution in [1.82, 2.24) is 3.53 Å². The molecule has 2 nitrogen and oxygen atoms in total. The van der Waals surface area contributed by atoms with E-state index < -0.39 is 0 Å². The maximum atomic E-state index is 10.6. The lowest BCUT2D eigenvalue weighted by Gasteiger charge is -1.94. The van der Waals surface area contributed by atoms with E-state index in [1.807, 2.05) is 22.9 Å². The smallest absolute Gasteiger partial charge is 0.228 e. The Hall–Kier alpha value is 0.200. The Morgan fingerprint density at radius 2 is 2.22 bits per heavy atom. The van der Waals surface area contributed by atoms with Crippen molar-refractivity contribution < 1.29 is 4.79 Å². The summed E-state index contributed by atoms with van der Waals surface area (Å²) in [6.45, 7) is 2.13. The summed E-state index contributed by atoms with van der Waals surface area (Å²) >= 11 is 1.87. The molecule has 54 valence electrons. The van der Waals surface area contributed by atoms with Gasteiger partial charge in [0.15, 0.2) is 0 Å². The zero-order valence-corrected chi connectivity index (χ0v) is 7.77. The first-order valence-electron chi connectivity index (χ1n) is 3.20. The summed E-state index contributed by atoms with van der Waals surface area (Å²) in [5.41, 5.74) is 0. The van der Waals surface area contributed by atoms with Crippen molar-refractivity contribution in [1.29, 1.82) is 0 Å². The SMILES string of the molecule is CCCCCC(=O)NI. The van der Waals surface area contributed by atoms with Gasteiger partial charge in [0.2, 0.25) is 5.91 Å². The van der Waals surface area contributed by atoms with E-state index >= 15 is 0 Å². The first-order chi connectivity index (χ1) is 4.31. The Bertz CT molecular complexity index is 85.1. The van der Waals surface area contributed by atoms with E-state index in [1.165, 1.54) is 6.42 Å². The maximum absolute atomic E-state index is 10.6. The molecule has 0 aromatic rings. The molecule has 0 aliphatic carbocycles. The molecule has 1 amide bonds. The van der Waals surface area contributed by atoms with Crippen LogP contribution in [-0.4, -0.2) is 5.91 Å². The molecule has 0 saturated heterocycles. The zero-order valence-electron chi connectivity index (χ0n) is 5.61. The standard InChI is InChI=1S/C6H12INO/c1-2-3-4-5-6(9)8-7/h2-5H2,1H3,(H,8,9). The number of hydrogen-bond donors (Lipinski definition) is 1. The monoisotopic (exact) mass is 241 g/mol. The average molecular weight is 241 g/mol. The number of halogens is 1. The van der Waals surface area contributed by atoms with Gasteiger partial charge < -0.3 is 0 Å². The van der Waals surface area contributed by atoms with E-state index in [2.05, 4.69) is 10.5 Å². The second-order valence-corrected chi connectivity index (χ2v) is 2.51. The molecule has 0 heterocycles. The fourth-order valence-electron chi connectivity index (χ4n) is 0.583. The molecule has 0 aromatic heterocycles. The topological polar surface area (TPSA) is 29.1 Å². The highest BCUT2D eigenvalue weighted by molar-refractivity contribution is 14.1. The quantitative estimate of drug-likeness (QED) is 0.455. The molecular formula is C6H12INO. The van der Waals surface area contributed by atoms with E-state index in [4.69, 9.17) is 0 Å². The first kappa shape index (κ1) is 9.20. The molecule has 0 bridgehead atoms. The van der Waals surface area contributed by atoms with Gasteiger partial charge in [0.1, 0.15) is 0 Å². The molecule has 0 unspecified atom stereocenters. The summed E-state index contributed by atoms with van der Waals surface area (Å²) in [7, 11) is 0. The summed E-state index contributed by atoms with van der Waals surface area (Å²) in [4.78, 5) is 10.6. The molecule has 0 aromatic carbocycles. The van der Waals surface area contributed by atoms with Crippen molar-refractivity contribution in [2.24, 2.45) is 0 Å². The number of hydrogen-bond acceptors (Lipinski definition) is 1. The van der Waals surface area contributed by atoms with Crippen LogP contribution in [0.1, 0.15) is 32.6 Å². The van der Waals surface area contributed by atoms with Gasteiger partial charge in [-0.05, 0) is 6.42 Å². The van der Waals surface area contributed by atoms with E-state index in [0.717, 1.165) is 12.8 Å². The van der Waals surface area contributed by atoms with Gasteiger partial charge in [-0.3, -0.25) is 8.32 Å². The normalized spacial score (nSPS) is 9.11. The number of nitrogens with one attached hydrogen (secondary N) is 1. The van der Waals surface area contributed by atoms with Gasteiger partial charge in [0, 0.05) is 6.42 Å². The van der Waals surface area contributed by atoms with E-state index in [1.54, 1.807) is 0 Å². The van der Waals surface area contributed by atoms with Crippen LogP contribution in [0, 0.1) is 0 Å². The Kier molecular flexibility index (Phi) is 6.46. The highest BCUT2D eigenvalue weighted by Crippen LogP contribution is 1.98. The third-order valence-corrected chi connectivity index (χ3v) is 1.71. The molecule has 0 radical (unpaired) electrons. The van der Waals surface area contributed by atoms with Crippen LogP contribution < -0.4 is 3.53 Å². The van der Waals surface area contributed by atoms with Crippen LogP contribution in [0.4, 0.5) is 0 Å². The van der Waals surface area contributed by atoms with E-state index in [9.17, 15) is 4.79 Å². The van der Waals surface area contributed by atoms with Crippen molar-refractivity contribution in [2.45, 2.75) is 32.6 Å². The predicted molar refractivity (Wildman–Crippen MR) is 46.3 cm³/mol. The molecule has 1 N–H and O–H groups in total. The average Bonchev–Trinajstić information content (AvgIpc) is 1.89. The molecule has 0 saturated carbocycles. The van der Waals surface area contributed by atoms with Crippen LogP contribution in [0.5, 0.6) is 0 Å². The van der Waals surface area contributed by atoms with Crippen LogP contribution in [0.15, 0.2) is 0 Å². The second-order valence-electron chi connectivity index (χ2n) is 1.97. The van der Waals surface area contributed by atoms with Crippen molar-refractivity contribution in [3.8, 4) is 0 Å². The summed E-state index contributed by atoms with van der Waals surface area (Å²) < 4.78 is 2.55. The maximum Gasteiger partial charge on any atom is 0.228 e. The van der Waals surface area contributed by atoms with Crippen LogP contribution in [0.3, 0.4) is 0 Å². The molecule has 0 spiro atoms. The Balaban J connectivity index is 2.97. The molecule has 0 atom stereocenters. The molecule has 0 aliphatic heterocycles. The fraction of sp³-hybridized carbons (Fsp3) is 0.833. The highest BCUT2D eigenvalue weighted by atomic mass is 127. The number of amides is 1. The van der Waals surface area contributed by atoms with E-state index in [0.29, 0.717) is 6.42 Å². The minimum absolute atomic E-state index is 0.143. The zero-order chi connectivity index (χ0) is 7.11. The first-order valence-corrected chi connectivity index (χ1v) is 4.28. The molecule has 9 heavy (non-hydrogen) atoms. The number of unbranched alkanes of at least 4 members (excludes halogenated alkanes) is 2. The highest BCUT2D eigenvalue weighted by Gasteiger charge is 1.95. The summed E-state index contributed by atoms with van der Waals surface area (Å²) in [6.07, 6.45) is 4.03. The Morgan fingerprint density at radius 1 is 1.56 bits per heavy atom. The summed E-state index contributed by atoms with van der Waals surface area (Å²) in [5, 5.41) is 0. The second kappa shape index (κ2) is 6.32. The van der Waals surface area contributed by atoms with Gasteiger partial charge in [0.25, 0.3) is 0 Å². The summed E-state index contributed by atoms with van der Waals surface area (Å²) in [5.74, 6) is 0.143. The molecule has 3 heteroatoms. The van der Waals surface area contributed by atoms with Crippen LogP contribution in [-0.2, 0) is 4.79 Å². The lowest BCUT2D eigenvalue weighted by molar-refractivity contribution is -0.118. The van der Waals surface area contributed by atoms with Crippen LogP contribution in [0.2, 0.25) is 0 Å². The largest absolute Gasteiger partial charge is 0.299 e. The van der Waals surface area contributed by atoms with Crippen molar-refractivity contribution >= 4 is 28.8 Å². The van der Waals surface area contributed by atoms with Crippen LogP contribution in [0.25, 0.3) is 0 Å². The van der Waals surface area contributed by atoms with Crippen LogP contribution >= 0.6 is 22.9 Å². The number of carbonyl (C=O) groups excluding carboxylic acids is 1.